The first-order chi connectivity index (χ1) is 40.7. The summed E-state index contributed by atoms with van der Waals surface area (Å²) in [6, 6.07) is 7.28. The van der Waals surface area contributed by atoms with Gasteiger partial charge in [0.2, 0.25) is 41.7 Å². The summed E-state index contributed by atoms with van der Waals surface area (Å²) in [4.78, 5) is 124. The van der Waals surface area contributed by atoms with Crippen LogP contribution in [0.25, 0.3) is 0 Å². The lowest BCUT2D eigenvalue weighted by molar-refractivity contribution is -0.271. The van der Waals surface area contributed by atoms with Gasteiger partial charge in [-0.2, -0.15) is 0 Å². The van der Waals surface area contributed by atoms with Crippen molar-refractivity contribution in [2.75, 3.05) is 39.1 Å². The Balaban J connectivity index is 1.80. The van der Waals surface area contributed by atoms with Gasteiger partial charge in [-0.1, -0.05) is 93.0 Å². The Kier molecular flexibility index (Phi) is 29.7. The summed E-state index contributed by atoms with van der Waals surface area (Å²) in [5.41, 5.74) is -0.267. The smallest absolute Gasteiger partial charge is 0.411 e. The SMILES string of the molecule is CNC(C(=O)NC(C(=O)N(C)C(/C=C(\C)C(=O)O)C(C)C)C(C)(C)C)C(C)(C)c1cccc(NC(=O)OCc2ccc(OC3OC(C(=O)O)C(O)C(O)C3O)c(CNC(=O)CCNC(=O)C(CNC(=O)CCC(C)C)NC(=O)CCCCCON)c2)c1. The fourth-order valence-corrected chi connectivity index (χ4v) is 9.39. The number of likely N-dealkylation sites (N-methyl/N-ethyl adjacent to an activating group) is 2. The molecule has 27 heteroatoms. The molecule has 486 valence electrons. The number of rotatable bonds is 34. The number of nitrogens with one attached hydrogen (secondary N) is 7. The molecule has 9 unspecified atom stereocenters. The molecule has 1 aliphatic heterocycles. The fourth-order valence-electron chi connectivity index (χ4n) is 9.39. The second-order valence-corrected chi connectivity index (χ2v) is 24.0. The summed E-state index contributed by atoms with van der Waals surface area (Å²) in [6.45, 7) is 17.4. The van der Waals surface area contributed by atoms with Crippen LogP contribution in [-0.4, -0.2) is 173 Å². The van der Waals surface area contributed by atoms with Gasteiger partial charge in [-0.25, -0.2) is 20.3 Å². The number of amides is 7. The van der Waals surface area contributed by atoms with Crippen molar-refractivity contribution in [2.24, 2.45) is 23.1 Å². The molecule has 0 aromatic heterocycles. The first-order valence-corrected chi connectivity index (χ1v) is 29.1. The normalized spacial score (nSPS) is 18.5. The molecule has 0 radical (unpaired) electrons. The third kappa shape index (κ3) is 23.4. The van der Waals surface area contributed by atoms with Gasteiger partial charge in [-0.3, -0.25) is 34.1 Å². The van der Waals surface area contributed by atoms with Crippen LogP contribution in [0.1, 0.15) is 131 Å². The van der Waals surface area contributed by atoms with E-state index in [2.05, 4.69) is 42.1 Å². The zero-order valence-corrected chi connectivity index (χ0v) is 52.0. The van der Waals surface area contributed by atoms with Gasteiger partial charge >= 0.3 is 18.0 Å². The van der Waals surface area contributed by atoms with Gasteiger partial charge in [-0.05, 0) is 85.9 Å². The van der Waals surface area contributed by atoms with Gasteiger partial charge in [-0.15, -0.1) is 0 Å². The molecule has 14 N–H and O–H groups in total. The van der Waals surface area contributed by atoms with Gasteiger partial charge in [0, 0.05) is 68.2 Å². The number of benzene rings is 2. The second kappa shape index (κ2) is 34.9. The van der Waals surface area contributed by atoms with E-state index in [0.717, 1.165) is 0 Å². The molecule has 2 aromatic rings. The van der Waals surface area contributed by atoms with E-state index in [9.17, 15) is 68.7 Å². The number of hydrogen-bond donors (Lipinski definition) is 13. The number of nitrogens with two attached hydrogens (primary N) is 1. The highest BCUT2D eigenvalue weighted by Gasteiger charge is 2.48. The Bertz CT molecular complexity index is 2700. The van der Waals surface area contributed by atoms with Gasteiger partial charge < -0.3 is 81.4 Å². The Morgan fingerprint density at radius 1 is 0.782 bits per heavy atom. The maximum atomic E-state index is 14.3. The molecule has 0 bridgehead atoms. The minimum Gasteiger partial charge on any atom is -0.479 e. The number of aliphatic carboxylic acids is 2. The summed E-state index contributed by atoms with van der Waals surface area (Å²) in [5, 5.41) is 70.1. The number of unbranched alkanes of at least 4 members (excludes halogenated alkanes) is 2. The van der Waals surface area contributed by atoms with E-state index in [1.165, 1.54) is 36.1 Å². The third-order valence-electron chi connectivity index (χ3n) is 14.7. The van der Waals surface area contributed by atoms with Crippen LogP contribution < -0.4 is 47.9 Å². The molecule has 0 saturated carbocycles. The van der Waals surface area contributed by atoms with Crippen molar-refractivity contribution < 1.29 is 87.7 Å². The highest BCUT2D eigenvalue weighted by Crippen LogP contribution is 2.32. The number of ether oxygens (including phenoxy) is 3. The first-order valence-electron chi connectivity index (χ1n) is 29.1. The molecule has 1 saturated heterocycles. The number of hydrogen-bond acceptors (Lipinski definition) is 18. The van der Waals surface area contributed by atoms with E-state index in [-0.39, 0.29) is 80.1 Å². The number of carbonyl (C=O) groups excluding carboxylic acids is 7. The molecule has 7 amide bonds. The largest absolute Gasteiger partial charge is 0.479 e. The molecule has 0 spiro atoms. The topological polar surface area (TPSA) is 405 Å². The van der Waals surface area contributed by atoms with Crippen molar-refractivity contribution in [1.82, 2.24) is 36.8 Å². The van der Waals surface area contributed by atoms with E-state index in [4.69, 9.17) is 20.1 Å². The van der Waals surface area contributed by atoms with E-state index in [0.29, 0.717) is 49.1 Å². The lowest BCUT2D eigenvalue weighted by Crippen LogP contribution is -2.61. The average molecular weight is 1230 g/mol. The summed E-state index contributed by atoms with van der Waals surface area (Å²) >= 11 is 0. The van der Waals surface area contributed by atoms with Crippen LogP contribution >= 0.6 is 0 Å². The fraction of sp³-hybridized carbons (Fsp3) is 0.617. The molecule has 0 aliphatic carbocycles. The summed E-state index contributed by atoms with van der Waals surface area (Å²) in [6.07, 6.45) is -6.74. The zero-order valence-electron chi connectivity index (χ0n) is 52.0. The quantitative estimate of drug-likeness (QED) is 0.0271. The second-order valence-electron chi connectivity index (χ2n) is 24.0. The maximum Gasteiger partial charge on any atom is 0.411 e. The molecule has 27 nitrogen and oxygen atoms in total. The van der Waals surface area contributed by atoms with Crippen LogP contribution in [0.4, 0.5) is 10.5 Å². The van der Waals surface area contributed by atoms with Crippen LogP contribution in [0.2, 0.25) is 0 Å². The lowest BCUT2D eigenvalue weighted by atomic mass is 9.76. The minimum absolute atomic E-state index is 0.0740. The third-order valence-corrected chi connectivity index (χ3v) is 14.7. The van der Waals surface area contributed by atoms with E-state index < -0.39 is 113 Å². The van der Waals surface area contributed by atoms with E-state index >= 15 is 0 Å². The van der Waals surface area contributed by atoms with E-state index in [1.54, 1.807) is 38.4 Å². The van der Waals surface area contributed by atoms with Gasteiger partial charge in [0.15, 0.2) is 6.10 Å². The molecule has 9 atom stereocenters. The van der Waals surface area contributed by atoms with E-state index in [1.807, 2.05) is 62.3 Å². The molecule has 2 aromatic carbocycles. The van der Waals surface area contributed by atoms with Crippen LogP contribution in [0.15, 0.2) is 54.1 Å². The monoisotopic (exact) mass is 1230 g/mol. The zero-order chi connectivity index (χ0) is 65.5. The van der Waals surface area contributed by atoms with Crippen molar-refractivity contribution in [3.8, 4) is 5.75 Å². The van der Waals surface area contributed by atoms with Crippen LogP contribution in [0, 0.1) is 17.3 Å². The molecule has 1 fully saturated rings. The standard InChI is InChI=1S/C60H93N9O18/c1-33(2)20-23-43(70)65-31-40(67-45(72)19-14-13-15-26-85-61)52(76)63-25-24-44(71)64-30-37-28-36(21-22-42(37)86-57-48(75)46(73)47(74)49(87-57)56(81)82)32-84-58(83)66-39-18-16-17-38(29-39)60(9,10)50(62-11)53(77)68-51(59(6,7)8)54(78)69(12)41(34(3)4)27-35(5)55(79)80/h16-18,21-22,27-29,33-34,40-41,46-51,57,62,73-75H,13-15,19-20,23-26,30-32,61H2,1-12H3,(H,63,76)(H,64,71)(H,65,70)(H,66,83)(H,67,72)(H,68,77)(H,79,80)(H,81,82)/b35-27+. The van der Waals surface area contributed by atoms with Gasteiger partial charge in [0.1, 0.15) is 42.8 Å². The van der Waals surface area contributed by atoms with Gasteiger partial charge in [0.25, 0.3) is 0 Å². The van der Waals surface area contributed by atoms with Crippen molar-refractivity contribution in [1.29, 1.82) is 0 Å². The Morgan fingerprint density at radius 3 is 2.07 bits per heavy atom. The highest BCUT2D eigenvalue weighted by molar-refractivity contribution is 5.92. The van der Waals surface area contributed by atoms with Crippen molar-refractivity contribution >= 4 is 59.2 Å². The molecular weight excluding hydrogens is 1130 g/mol. The molecule has 1 heterocycles. The first kappa shape index (κ1) is 74.0. The van der Waals surface area contributed by atoms with Crippen LogP contribution in [0.5, 0.6) is 5.75 Å². The summed E-state index contributed by atoms with van der Waals surface area (Å²) in [5.74, 6) is -0.581. The van der Waals surface area contributed by atoms with Crippen molar-refractivity contribution in [2.45, 2.75) is 188 Å². The Labute approximate surface area is 508 Å². The Hall–Kier alpha value is -7.27. The predicted octanol–water partition coefficient (Wildman–Crippen LogP) is 2.23. The molecule has 87 heavy (non-hydrogen) atoms. The number of carbonyl (C=O) groups is 9. The molecule has 3 rings (SSSR count). The molecular formula is C60H93N9O18. The summed E-state index contributed by atoms with van der Waals surface area (Å²) < 4.78 is 16.8. The Morgan fingerprint density at radius 2 is 1.46 bits per heavy atom. The number of carboxylic acid groups (broad SMARTS) is 2. The highest BCUT2D eigenvalue weighted by atomic mass is 16.7. The minimum atomic E-state index is -2.01. The maximum absolute atomic E-state index is 14.3. The predicted molar refractivity (Wildman–Crippen MR) is 319 cm³/mol. The van der Waals surface area contributed by atoms with Crippen LogP contribution in [-0.2, 0) is 71.2 Å². The van der Waals surface area contributed by atoms with Gasteiger partial charge in [0.05, 0.1) is 18.7 Å². The number of aliphatic hydroxyl groups excluding tert-OH is 3. The average Bonchev–Trinajstić information content (AvgIpc) is 2.61. The lowest BCUT2D eigenvalue weighted by Gasteiger charge is -2.40. The number of anilines is 1. The van der Waals surface area contributed by atoms with Crippen LogP contribution in [0.3, 0.4) is 0 Å². The van der Waals surface area contributed by atoms with Crippen molar-refractivity contribution in [3.05, 3.63) is 70.8 Å². The summed E-state index contributed by atoms with van der Waals surface area (Å²) in [7, 11) is 3.18. The number of carboxylic acids is 2. The van der Waals surface area contributed by atoms with Crippen molar-refractivity contribution in [3.63, 3.8) is 0 Å². The molecule has 1 aliphatic rings. The number of nitrogens with zero attached hydrogens (tertiary/aromatic N) is 1. The number of aliphatic hydroxyl groups is 3.